The number of rotatable bonds is 5. The van der Waals surface area contributed by atoms with Crippen molar-refractivity contribution in [2.24, 2.45) is 5.14 Å². The first kappa shape index (κ1) is 20.6. The summed E-state index contributed by atoms with van der Waals surface area (Å²) in [6.07, 6.45) is -3.80. The van der Waals surface area contributed by atoms with Crippen LogP contribution in [0.5, 0.6) is 0 Å². The second-order valence-electron chi connectivity index (χ2n) is 6.97. The molecule has 5 nitrogen and oxygen atoms in total. The number of hydrogen-bond donors (Lipinski definition) is 2. The average molecular weight is 413 g/mol. The van der Waals surface area contributed by atoms with E-state index < -0.39 is 26.7 Å². The third-order valence-electron chi connectivity index (χ3n) is 5.00. The lowest BCUT2D eigenvalue weighted by Crippen LogP contribution is -2.41. The average Bonchev–Trinajstić information content (AvgIpc) is 2.64. The van der Waals surface area contributed by atoms with Gasteiger partial charge in [0.1, 0.15) is 0 Å². The zero-order valence-electron chi connectivity index (χ0n) is 15.3. The summed E-state index contributed by atoms with van der Waals surface area (Å²) in [6.45, 7) is 3.82. The topological polar surface area (TPSA) is 75.4 Å². The number of hydrogen-bond acceptors (Lipinski definition) is 4. The van der Waals surface area contributed by atoms with Crippen LogP contribution in [0.2, 0.25) is 0 Å². The van der Waals surface area contributed by atoms with Gasteiger partial charge in [-0.3, -0.25) is 4.90 Å². The number of halogens is 3. The number of sulfonamides is 1. The molecule has 28 heavy (non-hydrogen) atoms. The van der Waals surface area contributed by atoms with Gasteiger partial charge in [0.05, 0.1) is 10.5 Å². The van der Waals surface area contributed by atoms with E-state index in [2.05, 4.69) is 22.3 Å². The van der Waals surface area contributed by atoms with Crippen LogP contribution in [-0.2, 0) is 29.2 Å². The van der Waals surface area contributed by atoms with Crippen LogP contribution < -0.4 is 10.5 Å². The fraction of sp³-hybridized carbons (Fsp3) is 0.368. The third kappa shape index (κ3) is 4.65. The van der Waals surface area contributed by atoms with Crippen LogP contribution in [0.3, 0.4) is 0 Å². The molecular weight excluding hydrogens is 391 g/mol. The number of alkyl halides is 3. The maximum Gasteiger partial charge on any atom is 0.418 e. The normalized spacial score (nSPS) is 16.5. The largest absolute Gasteiger partial charge is 0.418 e. The van der Waals surface area contributed by atoms with Crippen LogP contribution in [-0.4, -0.2) is 32.4 Å². The maximum absolute atomic E-state index is 13.4. The van der Waals surface area contributed by atoms with Crippen molar-refractivity contribution in [2.45, 2.75) is 37.0 Å². The minimum absolute atomic E-state index is 0.00708. The zero-order valence-corrected chi connectivity index (χ0v) is 16.1. The molecule has 1 atom stereocenters. The van der Waals surface area contributed by atoms with E-state index in [0.717, 1.165) is 31.6 Å². The lowest BCUT2D eigenvalue weighted by atomic mass is 9.99. The summed E-state index contributed by atoms with van der Waals surface area (Å²) in [7, 11) is -4.22. The first-order valence-electron chi connectivity index (χ1n) is 8.84. The molecule has 1 unspecified atom stereocenters. The molecule has 0 spiro atoms. The fourth-order valence-electron chi connectivity index (χ4n) is 3.37. The minimum Gasteiger partial charge on any atom is -0.383 e. The number of benzene rings is 2. The summed E-state index contributed by atoms with van der Waals surface area (Å²) in [5.74, 6) is 0. The van der Waals surface area contributed by atoms with Gasteiger partial charge in [0.25, 0.3) is 0 Å². The molecule has 3 rings (SSSR count). The molecule has 0 saturated carbocycles. The van der Waals surface area contributed by atoms with Gasteiger partial charge in [-0.25, -0.2) is 13.6 Å². The van der Waals surface area contributed by atoms with E-state index in [1.807, 2.05) is 19.1 Å². The quantitative estimate of drug-likeness (QED) is 0.789. The number of nitrogens with one attached hydrogen (secondary N) is 1. The Morgan fingerprint density at radius 2 is 1.86 bits per heavy atom. The maximum atomic E-state index is 13.4. The minimum atomic E-state index is -4.70. The molecule has 9 heteroatoms. The molecule has 1 heterocycles. The SMILES string of the molecule is CC(CNc1ccc(S(N)(=O)=O)cc1C(F)(F)F)N1CCc2ccccc2C1. The highest BCUT2D eigenvalue weighted by molar-refractivity contribution is 7.89. The van der Waals surface area contributed by atoms with Crippen molar-refractivity contribution in [3.63, 3.8) is 0 Å². The zero-order chi connectivity index (χ0) is 20.5. The van der Waals surface area contributed by atoms with Crippen LogP contribution in [0, 0.1) is 0 Å². The van der Waals surface area contributed by atoms with Gasteiger partial charge in [-0.15, -0.1) is 0 Å². The van der Waals surface area contributed by atoms with Gasteiger partial charge in [-0.05, 0) is 42.7 Å². The van der Waals surface area contributed by atoms with Crippen molar-refractivity contribution >= 4 is 15.7 Å². The molecule has 2 aromatic rings. The van der Waals surface area contributed by atoms with E-state index >= 15 is 0 Å². The van der Waals surface area contributed by atoms with Crippen molar-refractivity contribution in [3.05, 3.63) is 59.2 Å². The van der Waals surface area contributed by atoms with Gasteiger partial charge in [0.15, 0.2) is 0 Å². The van der Waals surface area contributed by atoms with Crippen molar-refractivity contribution in [1.29, 1.82) is 0 Å². The Labute approximate surface area is 162 Å². The van der Waals surface area contributed by atoms with E-state index in [1.165, 1.54) is 11.1 Å². The number of primary sulfonamides is 1. The van der Waals surface area contributed by atoms with E-state index in [1.54, 1.807) is 0 Å². The van der Waals surface area contributed by atoms with Crippen LogP contribution in [0.1, 0.15) is 23.6 Å². The first-order chi connectivity index (χ1) is 13.1. The fourth-order valence-corrected chi connectivity index (χ4v) is 3.91. The van der Waals surface area contributed by atoms with Crippen LogP contribution in [0.15, 0.2) is 47.4 Å². The summed E-state index contributed by atoms with van der Waals surface area (Å²) < 4.78 is 62.9. The summed E-state index contributed by atoms with van der Waals surface area (Å²) >= 11 is 0. The summed E-state index contributed by atoms with van der Waals surface area (Å²) in [4.78, 5) is 1.65. The Kier molecular flexibility index (Phi) is 5.69. The van der Waals surface area contributed by atoms with Crippen LogP contribution >= 0.6 is 0 Å². The number of fused-ring (bicyclic) bond motifs is 1. The van der Waals surface area contributed by atoms with Gasteiger partial charge in [0, 0.05) is 31.4 Å². The van der Waals surface area contributed by atoms with Gasteiger partial charge < -0.3 is 5.32 Å². The highest BCUT2D eigenvalue weighted by Gasteiger charge is 2.35. The second kappa shape index (κ2) is 7.73. The van der Waals surface area contributed by atoms with Gasteiger partial charge in [-0.1, -0.05) is 24.3 Å². The third-order valence-corrected chi connectivity index (χ3v) is 5.91. The lowest BCUT2D eigenvalue weighted by Gasteiger charge is -2.34. The number of nitrogens with zero attached hydrogens (tertiary/aromatic N) is 1. The summed E-state index contributed by atoms with van der Waals surface area (Å²) in [5, 5.41) is 7.78. The molecular formula is C19H22F3N3O2S. The van der Waals surface area contributed by atoms with Gasteiger partial charge in [-0.2, -0.15) is 13.2 Å². The number of anilines is 1. The molecule has 0 fully saturated rings. The summed E-state index contributed by atoms with van der Waals surface area (Å²) in [6, 6.07) is 10.9. The molecule has 3 N–H and O–H groups in total. The Hall–Kier alpha value is -2.10. The Morgan fingerprint density at radius 3 is 2.50 bits per heavy atom. The van der Waals surface area contributed by atoms with Gasteiger partial charge in [0.2, 0.25) is 10.0 Å². The van der Waals surface area contributed by atoms with E-state index in [-0.39, 0.29) is 11.7 Å². The van der Waals surface area contributed by atoms with Crippen LogP contribution in [0.4, 0.5) is 18.9 Å². The predicted octanol–water partition coefficient (Wildman–Crippen LogP) is 3.21. The van der Waals surface area contributed by atoms with Crippen molar-refractivity contribution < 1.29 is 21.6 Å². The molecule has 0 radical (unpaired) electrons. The van der Waals surface area contributed by atoms with Gasteiger partial charge >= 0.3 is 6.18 Å². The standard InChI is InChI=1S/C19H22F3N3O2S/c1-13(25-9-8-14-4-2-3-5-15(14)12-25)11-24-18-7-6-16(28(23,26)27)10-17(18)19(20,21)22/h2-7,10,13,24H,8-9,11-12H2,1H3,(H2,23,26,27). The number of nitrogens with two attached hydrogens (primary N) is 1. The summed E-state index contributed by atoms with van der Waals surface area (Å²) in [5.41, 5.74) is 1.32. The highest BCUT2D eigenvalue weighted by atomic mass is 32.2. The van der Waals surface area contributed by atoms with E-state index in [9.17, 15) is 21.6 Å². The predicted molar refractivity (Wildman–Crippen MR) is 101 cm³/mol. The molecule has 0 aromatic heterocycles. The first-order valence-corrected chi connectivity index (χ1v) is 10.4. The molecule has 0 aliphatic carbocycles. The van der Waals surface area contributed by atoms with Crippen molar-refractivity contribution in [1.82, 2.24) is 4.90 Å². The Balaban J connectivity index is 1.74. The van der Waals surface area contributed by atoms with E-state index in [4.69, 9.17) is 5.14 Å². The molecule has 2 aromatic carbocycles. The van der Waals surface area contributed by atoms with E-state index in [0.29, 0.717) is 12.6 Å². The van der Waals surface area contributed by atoms with Crippen molar-refractivity contribution in [2.75, 3.05) is 18.4 Å². The molecule has 1 aliphatic heterocycles. The smallest absolute Gasteiger partial charge is 0.383 e. The Morgan fingerprint density at radius 1 is 1.18 bits per heavy atom. The lowest BCUT2D eigenvalue weighted by molar-refractivity contribution is -0.137. The molecule has 152 valence electrons. The monoisotopic (exact) mass is 413 g/mol. The molecule has 0 amide bonds. The van der Waals surface area contributed by atoms with Crippen LogP contribution in [0.25, 0.3) is 0 Å². The highest BCUT2D eigenvalue weighted by Crippen LogP contribution is 2.36. The van der Waals surface area contributed by atoms with Crippen molar-refractivity contribution in [3.8, 4) is 0 Å². The second-order valence-corrected chi connectivity index (χ2v) is 8.53. The molecule has 0 bridgehead atoms. The molecule has 1 aliphatic rings. The molecule has 0 saturated heterocycles. The Bertz CT molecular complexity index is 961.